The highest BCUT2D eigenvalue weighted by Gasteiger charge is 2.22. The molecule has 0 fully saturated rings. The summed E-state index contributed by atoms with van der Waals surface area (Å²) in [6.07, 6.45) is 0. The van der Waals surface area contributed by atoms with Crippen LogP contribution in [-0.2, 0) is 10.2 Å². The molecule has 3 aromatic rings. The Kier molecular flexibility index (Phi) is 5.61. The smallest absolute Gasteiger partial charge is 0.230 e. The lowest BCUT2D eigenvalue weighted by atomic mass is 9.87. The van der Waals surface area contributed by atoms with E-state index in [9.17, 15) is 4.79 Å². The molecule has 2 aromatic carbocycles. The van der Waals surface area contributed by atoms with Crippen LogP contribution in [0.15, 0.2) is 53.7 Å². The number of benzene rings is 2. The van der Waals surface area contributed by atoms with Crippen LogP contribution in [0.1, 0.15) is 38.8 Å². The van der Waals surface area contributed by atoms with Crippen LogP contribution in [0.3, 0.4) is 0 Å². The number of amides is 1. The lowest BCUT2D eigenvalue weighted by Gasteiger charge is -2.19. The van der Waals surface area contributed by atoms with E-state index in [0.717, 1.165) is 22.6 Å². The third-order valence-corrected chi connectivity index (χ3v) is 5.74. The Morgan fingerprint density at radius 3 is 2.29 bits per heavy atom. The lowest BCUT2D eigenvalue weighted by Crippen LogP contribution is -2.23. The number of carbonyl (C=O) groups is 1. The number of rotatable bonds is 5. The van der Waals surface area contributed by atoms with Gasteiger partial charge in [0.1, 0.15) is 0 Å². The van der Waals surface area contributed by atoms with E-state index in [1.165, 1.54) is 17.3 Å². The molecule has 1 heterocycles. The Morgan fingerprint density at radius 1 is 1.07 bits per heavy atom. The SMILES string of the molecule is Cc1ccccc1-n1c(SC(C)C(N)=O)nnc1-c1ccc(C(C)(C)C)cc1. The first-order chi connectivity index (χ1) is 13.2. The highest BCUT2D eigenvalue weighted by Crippen LogP contribution is 2.32. The van der Waals surface area contributed by atoms with Gasteiger partial charge in [0, 0.05) is 5.56 Å². The van der Waals surface area contributed by atoms with Crippen LogP contribution in [0.25, 0.3) is 17.1 Å². The number of nitrogens with zero attached hydrogens (tertiary/aromatic N) is 3. The zero-order chi connectivity index (χ0) is 20.5. The number of para-hydroxylation sites is 1. The molecule has 1 atom stereocenters. The first kappa shape index (κ1) is 20.1. The fourth-order valence-electron chi connectivity index (χ4n) is 2.90. The van der Waals surface area contributed by atoms with Crippen LogP contribution in [0.2, 0.25) is 0 Å². The Hall–Kier alpha value is -2.60. The van der Waals surface area contributed by atoms with Gasteiger partial charge in [0.05, 0.1) is 10.9 Å². The Labute approximate surface area is 170 Å². The molecule has 0 radical (unpaired) electrons. The molecule has 1 unspecified atom stereocenters. The number of thioether (sulfide) groups is 1. The summed E-state index contributed by atoms with van der Waals surface area (Å²) in [4.78, 5) is 11.6. The number of nitrogens with two attached hydrogens (primary N) is 1. The van der Waals surface area contributed by atoms with Crippen molar-refractivity contribution in [3.05, 3.63) is 59.7 Å². The van der Waals surface area contributed by atoms with Crippen LogP contribution in [-0.4, -0.2) is 25.9 Å². The number of aryl methyl sites for hydroxylation is 1. The molecule has 1 aromatic heterocycles. The van der Waals surface area contributed by atoms with E-state index in [1.54, 1.807) is 6.92 Å². The fraction of sp³-hybridized carbons (Fsp3) is 0.318. The summed E-state index contributed by atoms with van der Waals surface area (Å²) in [6, 6.07) is 16.5. The van der Waals surface area contributed by atoms with Gasteiger partial charge in [-0.1, -0.05) is 75.0 Å². The monoisotopic (exact) mass is 394 g/mol. The van der Waals surface area contributed by atoms with Crippen LogP contribution in [0, 0.1) is 6.92 Å². The number of hydrogen-bond acceptors (Lipinski definition) is 4. The Morgan fingerprint density at radius 2 is 1.71 bits per heavy atom. The van der Waals surface area contributed by atoms with Crippen molar-refractivity contribution in [3.63, 3.8) is 0 Å². The first-order valence-electron chi connectivity index (χ1n) is 9.27. The van der Waals surface area contributed by atoms with Crippen LogP contribution in [0.4, 0.5) is 0 Å². The summed E-state index contributed by atoms with van der Waals surface area (Å²) in [5.41, 5.74) is 9.87. The molecule has 1 amide bonds. The molecule has 0 aliphatic rings. The highest BCUT2D eigenvalue weighted by molar-refractivity contribution is 8.00. The molecule has 5 nitrogen and oxygen atoms in total. The minimum Gasteiger partial charge on any atom is -0.369 e. The van der Waals surface area contributed by atoms with Gasteiger partial charge in [-0.2, -0.15) is 0 Å². The van der Waals surface area contributed by atoms with Crippen molar-refractivity contribution in [2.24, 2.45) is 5.73 Å². The third kappa shape index (κ3) is 4.12. The number of hydrogen-bond donors (Lipinski definition) is 1. The van der Waals surface area contributed by atoms with Gasteiger partial charge in [-0.3, -0.25) is 9.36 Å². The molecule has 146 valence electrons. The van der Waals surface area contributed by atoms with Gasteiger partial charge in [-0.05, 0) is 36.5 Å². The van der Waals surface area contributed by atoms with Gasteiger partial charge in [0.2, 0.25) is 5.91 Å². The van der Waals surface area contributed by atoms with E-state index in [4.69, 9.17) is 5.73 Å². The molecule has 28 heavy (non-hydrogen) atoms. The second-order valence-corrected chi connectivity index (χ2v) is 9.23. The van der Waals surface area contributed by atoms with Crippen molar-refractivity contribution in [3.8, 4) is 17.1 Å². The van der Waals surface area contributed by atoms with Crippen molar-refractivity contribution >= 4 is 17.7 Å². The maximum atomic E-state index is 11.6. The predicted octanol–water partition coefficient (Wildman–Crippen LogP) is 4.51. The van der Waals surface area contributed by atoms with Crippen LogP contribution in [0.5, 0.6) is 0 Å². The van der Waals surface area contributed by atoms with E-state index in [-0.39, 0.29) is 11.3 Å². The second-order valence-electron chi connectivity index (χ2n) is 7.92. The topological polar surface area (TPSA) is 73.8 Å². The summed E-state index contributed by atoms with van der Waals surface area (Å²) in [6.45, 7) is 10.4. The molecule has 6 heteroatoms. The van der Waals surface area contributed by atoms with E-state index in [2.05, 4.69) is 55.2 Å². The molecule has 0 aliphatic carbocycles. The largest absolute Gasteiger partial charge is 0.369 e. The molecule has 0 saturated heterocycles. The summed E-state index contributed by atoms with van der Waals surface area (Å²) in [5.74, 6) is 0.370. The number of primary amides is 1. The molecular formula is C22H26N4OS. The average Bonchev–Trinajstić information content (AvgIpc) is 3.04. The maximum Gasteiger partial charge on any atom is 0.230 e. The van der Waals surface area contributed by atoms with Gasteiger partial charge >= 0.3 is 0 Å². The second kappa shape index (κ2) is 7.80. The lowest BCUT2D eigenvalue weighted by molar-refractivity contribution is -0.117. The summed E-state index contributed by atoms with van der Waals surface area (Å²) in [7, 11) is 0. The van der Waals surface area contributed by atoms with E-state index in [1.807, 2.05) is 35.8 Å². The van der Waals surface area contributed by atoms with Crippen molar-refractivity contribution < 1.29 is 4.79 Å². The Bertz CT molecular complexity index is 987. The summed E-state index contributed by atoms with van der Waals surface area (Å²) < 4.78 is 2.01. The standard InChI is InChI=1S/C22H26N4OS/c1-14-8-6-7-9-18(14)26-20(24-25-21(26)28-15(2)19(23)27)16-10-12-17(13-11-16)22(3,4)5/h6-13,15H,1-5H3,(H2,23,27). The third-order valence-electron chi connectivity index (χ3n) is 4.68. The number of carbonyl (C=O) groups excluding carboxylic acids is 1. The average molecular weight is 395 g/mol. The molecule has 0 saturated carbocycles. The molecular weight excluding hydrogens is 368 g/mol. The summed E-state index contributed by atoms with van der Waals surface area (Å²) >= 11 is 1.32. The number of aromatic nitrogens is 3. The van der Waals surface area contributed by atoms with Gasteiger partial charge < -0.3 is 5.73 Å². The zero-order valence-corrected chi connectivity index (χ0v) is 17.7. The predicted molar refractivity (Wildman–Crippen MR) is 115 cm³/mol. The van der Waals surface area contributed by atoms with Gasteiger partial charge in [-0.15, -0.1) is 10.2 Å². The molecule has 2 N–H and O–H groups in total. The van der Waals surface area contributed by atoms with Gasteiger partial charge in [0.15, 0.2) is 11.0 Å². The van der Waals surface area contributed by atoms with Crippen LogP contribution < -0.4 is 5.73 Å². The minimum absolute atomic E-state index is 0.0835. The van der Waals surface area contributed by atoms with E-state index < -0.39 is 5.25 Å². The first-order valence-corrected chi connectivity index (χ1v) is 10.1. The molecule has 3 rings (SSSR count). The van der Waals surface area contributed by atoms with Crippen LogP contribution >= 0.6 is 11.8 Å². The Balaban J connectivity index is 2.13. The van der Waals surface area contributed by atoms with Crippen molar-refractivity contribution in [1.82, 2.24) is 14.8 Å². The molecule has 0 bridgehead atoms. The zero-order valence-electron chi connectivity index (χ0n) is 16.9. The van der Waals surface area contributed by atoms with E-state index in [0.29, 0.717) is 5.16 Å². The van der Waals surface area contributed by atoms with Gasteiger partial charge in [-0.25, -0.2) is 0 Å². The van der Waals surface area contributed by atoms with Crippen molar-refractivity contribution in [2.75, 3.05) is 0 Å². The molecule has 0 spiro atoms. The fourth-order valence-corrected chi connectivity index (χ4v) is 3.71. The van der Waals surface area contributed by atoms with Gasteiger partial charge in [0.25, 0.3) is 0 Å². The quantitative estimate of drug-likeness (QED) is 0.646. The highest BCUT2D eigenvalue weighted by atomic mass is 32.2. The summed E-state index contributed by atoms with van der Waals surface area (Å²) in [5, 5.41) is 9.07. The molecule has 0 aliphatic heterocycles. The normalized spacial score (nSPS) is 12.8. The minimum atomic E-state index is -0.400. The van der Waals surface area contributed by atoms with E-state index >= 15 is 0 Å². The van der Waals surface area contributed by atoms with Crippen molar-refractivity contribution in [1.29, 1.82) is 0 Å². The van der Waals surface area contributed by atoms with Crippen molar-refractivity contribution in [2.45, 2.75) is 50.4 Å². The maximum absolute atomic E-state index is 11.6.